The number of hydrogen-bond acceptors (Lipinski definition) is 3. The highest BCUT2D eigenvalue weighted by atomic mass is 127. The van der Waals surface area contributed by atoms with Crippen LogP contribution in [0.2, 0.25) is 0 Å². The Labute approximate surface area is 159 Å². The maximum Gasteiger partial charge on any atom is 0.305 e. The summed E-state index contributed by atoms with van der Waals surface area (Å²) in [5.74, 6) is 0.816. The molecule has 0 heterocycles. The van der Waals surface area contributed by atoms with E-state index in [-0.39, 0.29) is 29.9 Å². The van der Waals surface area contributed by atoms with Crippen LogP contribution in [0, 0.1) is 0 Å². The number of carbonyl (C=O) groups excluding carboxylic acids is 1. The molecule has 0 aliphatic heterocycles. The normalized spacial score (nSPS) is 10.7. The van der Waals surface area contributed by atoms with Crippen molar-refractivity contribution < 1.29 is 9.53 Å². The van der Waals surface area contributed by atoms with Gasteiger partial charge in [-0.3, -0.25) is 9.79 Å². The number of ether oxygens (including phenoxy) is 1. The van der Waals surface area contributed by atoms with Gasteiger partial charge in [0.25, 0.3) is 0 Å². The van der Waals surface area contributed by atoms with Crippen LogP contribution in [0.1, 0.15) is 51.4 Å². The minimum absolute atomic E-state index is 0. The predicted octanol–water partition coefficient (Wildman–Crippen LogP) is 3.59. The summed E-state index contributed by atoms with van der Waals surface area (Å²) in [6, 6.07) is 0. The van der Waals surface area contributed by atoms with Crippen molar-refractivity contribution in [1.29, 1.82) is 0 Å². The Hall–Kier alpha value is -0.790. The molecule has 23 heavy (non-hydrogen) atoms. The second-order valence-corrected chi connectivity index (χ2v) is 5.42. The summed E-state index contributed by atoms with van der Waals surface area (Å²) < 4.78 is 4.62. The maximum absolute atomic E-state index is 11.0. The molecule has 0 rings (SSSR count). The summed E-state index contributed by atoms with van der Waals surface area (Å²) in [6.45, 7) is 5.64. The number of nitrogens with one attached hydrogen (secondary N) is 1. The fourth-order valence-electron chi connectivity index (χ4n) is 2.18. The number of esters is 1. The highest BCUT2D eigenvalue weighted by Crippen LogP contribution is 2.02. The van der Waals surface area contributed by atoms with Gasteiger partial charge in [0.15, 0.2) is 5.96 Å². The Morgan fingerprint density at radius 2 is 1.91 bits per heavy atom. The van der Waals surface area contributed by atoms with Gasteiger partial charge in [-0.25, -0.2) is 0 Å². The quantitative estimate of drug-likeness (QED) is 0.126. The first kappa shape index (κ1) is 24.5. The second kappa shape index (κ2) is 17.6. The first-order valence-electron chi connectivity index (χ1n) is 8.25. The third-order valence-electron chi connectivity index (χ3n) is 3.54. The van der Waals surface area contributed by atoms with Crippen molar-refractivity contribution in [3.63, 3.8) is 0 Å². The van der Waals surface area contributed by atoms with Gasteiger partial charge < -0.3 is 15.0 Å². The number of nitrogens with zero attached hydrogens (tertiary/aromatic N) is 2. The van der Waals surface area contributed by atoms with E-state index in [0.29, 0.717) is 6.42 Å². The summed E-state index contributed by atoms with van der Waals surface area (Å²) in [5.41, 5.74) is 0. The van der Waals surface area contributed by atoms with E-state index in [0.717, 1.165) is 44.7 Å². The van der Waals surface area contributed by atoms with Gasteiger partial charge in [-0.05, 0) is 32.1 Å². The van der Waals surface area contributed by atoms with Crippen LogP contribution < -0.4 is 5.32 Å². The first-order valence-corrected chi connectivity index (χ1v) is 8.25. The SMILES string of the molecule is C=CCCCCCN(C)C(=NC)NCCCCCC(=O)OC.I. The molecule has 0 fully saturated rings. The van der Waals surface area contributed by atoms with Crippen molar-refractivity contribution in [2.24, 2.45) is 4.99 Å². The first-order chi connectivity index (χ1) is 10.7. The van der Waals surface area contributed by atoms with Gasteiger partial charge in [-0.15, -0.1) is 30.6 Å². The lowest BCUT2D eigenvalue weighted by molar-refractivity contribution is -0.140. The number of allylic oxidation sites excluding steroid dienone is 1. The van der Waals surface area contributed by atoms with Crippen LogP contribution in [0.3, 0.4) is 0 Å². The number of carbonyl (C=O) groups is 1. The molecule has 0 radical (unpaired) electrons. The molecule has 0 spiro atoms. The number of halogens is 1. The molecule has 0 amide bonds. The van der Waals surface area contributed by atoms with E-state index in [1.54, 1.807) is 0 Å². The van der Waals surface area contributed by atoms with Crippen molar-refractivity contribution in [3.8, 4) is 0 Å². The highest BCUT2D eigenvalue weighted by molar-refractivity contribution is 14.0. The third kappa shape index (κ3) is 14.5. The molecule has 0 bridgehead atoms. The molecule has 0 aliphatic rings. The van der Waals surface area contributed by atoms with Gasteiger partial charge in [-0.1, -0.05) is 18.9 Å². The second-order valence-electron chi connectivity index (χ2n) is 5.42. The number of methoxy groups -OCH3 is 1. The molecule has 6 heteroatoms. The summed E-state index contributed by atoms with van der Waals surface area (Å²) in [5, 5.41) is 3.37. The maximum atomic E-state index is 11.0. The van der Waals surface area contributed by atoms with Gasteiger partial charge in [0.1, 0.15) is 0 Å². The minimum atomic E-state index is -0.125. The topological polar surface area (TPSA) is 53.9 Å². The summed E-state index contributed by atoms with van der Waals surface area (Å²) in [7, 11) is 5.31. The van der Waals surface area contributed by atoms with Crippen LogP contribution in [0.15, 0.2) is 17.6 Å². The minimum Gasteiger partial charge on any atom is -0.469 e. The average molecular weight is 439 g/mol. The smallest absolute Gasteiger partial charge is 0.305 e. The average Bonchev–Trinajstić information content (AvgIpc) is 2.53. The molecule has 0 aromatic rings. The standard InChI is InChI=1S/C17H33N3O2.HI/c1-5-6-7-8-12-15-20(3)17(18-2)19-14-11-9-10-13-16(21)22-4;/h5H,1,6-15H2,2-4H3,(H,18,19);1H. The number of hydrogen-bond donors (Lipinski definition) is 1. The molecule has 0 atom stereocenters. The monoisotopic (exact) mass is 439 g/mol. The lowest BCUT2D eigenvalue weighted by Crippen LogP contribution is -2.39. The summed E-state index contributed by atoms with van der Waals surface area (Å²) in [6.07, 6.45) is 10.1. The number of aliphatic imine (C=N–C) groups is 1. The van der Waals surface area contributed by atoms with Crippen LogP contribution in [0.25, 0.3) is 0 Å². The van der Waals surface area contributed by atoms with E-state index >= 15 is 0 Å². The van der Waals surface area contributed by atoms with Crippen molar-refractivity contribution in [3.05, 3.63) is 12.7 Å². The Kier molecular flexibility index (Phi) is 18.7. The van der Waals surface area contributed by atoms with E-state index in [1.165, 1.54) is 26.4 Å². The van der Waals surface area contributed by atoms with Gasteiger partial charge in [0, 0.05) is 33.6 Å². The summed E-state index contributed by atoms with van der Waals surface area (Å²) >= 11 is 0. The largest absolute Gasteiger partial charge is 0.469 e. The van der Waals surface area contributed by atoms with Crippen molar-refractivity contribution in [2.75, 3.05) is 34.3 Å². The number of unbranched alkanes of at least 4 members (excludes halogenated alkanes) is 5. The fraction of sp³-hybridized carbons (Fsp3) is 0.765. The van der Waals surface area contributed by atoms with Gasteiger partial charge in [0.05, 0.1) is 7.11 Å². The van der Waals surface area contributed by atoms with Crippen LogP contribution in [-0.2, 0) is 9.53 Å². The van der Waals surface area contributed by atoms with Crippen molar-refractivity contribution in [2.45, 2.75) is 51.4 Å². The van der Waals surface area contributed by atoms with E-state index in [1.807, 2.05) is 13.1 Å². The van der Waals surface area contributed by atoms with Crippen molar-refractivity contribution >= 4 is 35.9 Å². The molecule has 1 N–H and O–H groups in total. The summed E-state index contributed by atoms with van der Waals surface area (Å²) in [4.78, 5) is 17.5. The zero-order valence-corrected chi connectivity index (χ0v) is 17.3. The van der Waals surface area contributed by atoms with E-state index in [2.05, 4.69) is 33.6 Å². The van der Waals surface area contributed by atoms with Crippen molar-refractivity contribution in [1.82, 2.24) is 10.2 Å². The van der Waals surface area contributed by atoms with Gasteiger partial charge >= 0.3 is 5.97 Å². The van der Waals surface area contributed by atoms with Crippen LogP contribution in [0.5, 0.6) is 0 Å². The molecular formula is C17H34IN3O2. The number of guanidine groups is 1. The molecule has 5 nitrogen and oxygen atoms in total. The molecular weight excluding hydrogens is 405 g/mol. The van der Waals surface area contributed by atoms with E-state index < -0.39 is 0 Å². The lowest BCUT2D eigenvalue weighted by atomic mass is 10.2. The molecule has 0 aromatic heterocycles. The third-order valence-corrected chi connectivity index (χ3v) is 3.54. The zero-order chi connectivity index (χ0) is 16.6. The lowest BCUT2D eigenvalue weighted by Gasteiger charge is -2.22. The Morgan fingerprint density at radius 1 is 1.22 bits per heavy atom. The molecule has 0 aliphatic carbocycles. The van der Waals surface area contributed by atoms with E-state index in [9.17, 15) is 4.79 Å². The number of rotatable bonds is 12. The molecule has 0 saturated heterocycles. The molecule has 0 aromatic carbocycles. The molecule has 0 unspecified atom stereocenters. The molecule has 0 saturated carbocycles. The highest BCUT2D eigenvalue weighted by Gasteiger charge is 2.05. The zero-order valence-electron chi connectivity index (χ0n) is 15.0. The predicted molar refractivity (Wildman–Crippen MR) is 109 cm³/mol. The van der Waals surface area contributed by atoms with Crippen LogP contribution in [-0.4, -0.2) is 51.1 Å². The fourth-order valence-corrected chi connectivity index (χ4v) is 2.18. The van der Waals surface area contributed by atoms with Crippen LogP contribution >= 0.6 is 24.0 Å². The van der Waals surface area contributed by atoms with Gasteiger partial charge in [-0.2, -0.15) is 0 Å². The van der Waals surface area contributed by atoms with Crippen LogP contribution in [0.4, 0.5) is 0 Å². The Bertz CT molecular complexity index is 336. The van der Waals surface area contributed by atoms with E-state index in [4.69, 9.17) is 0 Å². The Balaban J connectivity index is 0. The molecule has 136 valence electrons. The Morgan fingerprint density at radius 3 is 2.52 bits per heavy atom. The van der Waals surface area contributed by atoms with Gasteiger partial charge in [0.2, 0.25) is 0 Å².